The zero-order valence-corrected chi connectivity index (χ0v) is 15.3. The minimum absolute atomic E-state index is 0.0700. The van der Waals surface area contributed by atoms with Gasteiger partial charge in [0.05, 0.1) is 12.2 Å². The summed E-state index contributed by atoms with van der Waals surface area (Å²) in [6.07, 6.45) is 2.81. The van der Waals surface area contributed by atoms with Crippen LogP contribution in [0.4, 0.5) is 10.6 Å². The first-order valence-electron chi connectivity index (χ1n) is 9.02. The first kappa shape index (κ1) is 19.0. The fraction of sp³-hybridized carbons (Fsp3) is 0.611. The molecule has 1 aliphatic rings. The van der Waals surface area contributed by atoms with E-state index in [0.717, 1.165) is 31.7 Å². The Hall–Kier alpha value is -2.31. The van der Waals surface area contributed by atoms with Gasteiger partial charge in [-0.3, -0.25) is 4.79 Å². The lowest BCUT2D eigenvalue weighted by Crippen LogP contribution is -2.46. The maximum Gasteiger partial charge on any atom is 0.409 e. The zero-order valence-electron chi connectivity index (χ0n) is 15.3. The van der Waals surface area contributed by atoms with Gasteiger partial charge in [-0.1, -0.05) is 0 Å². The standard InChI is InChI=1S/C18H28N4O3/c1-4-21(5-2)16-8-7-14(13-19-16)17(23)20-15-9-11-22(12-10-15)18(24)25-6-3/h7-8,13,15H,4-6,9-12H2,1-3H3,(H,20,23). The van der Waals surface area contributed by atoms with Gasteiger partial charge in [-0.15, -0.1) is 0 Å². The van der Waals surface area contributed by atoms with Crippen molar-refractivity contribution in [1.29, 1.82) is 0 Å². The molecule has 2 rings (SSSR count). The number of aromatic nitrogens is 1. The Bertz CT molecular complexity index is 564. The smallest absolute Gasteiger partial charge is 0.409 e. The molecular weight excluding hydrogens is 320 g/mol. The van der Waals surface area contributed by atoms with E-state index in [1.807, 2.05) is 12.1 Å². The van der Waals surface area contributed by atoms with Gasteiger partial charge in [0, 0.05) is 38.4 Å². The van der Waals surface area contributed by atoms with E-state index in [1.165, 1.54) is 0 Å². The van der Waals surface area contributed by atoms with Crippen LogP contribution in [0.15, 0.2) is 18.3 Å². The van der Waals surface area contributed by atoms with Gasteiger partial charge in [-0.25, -0.2) is 9.78 Å². The summed E-state index contributed by atoms with van der Waals surface area (Å²) >= 11 is 0. The predicted octanol–water partition coefficient (Wildman–Crippen LogP) is 2.28. The molecule has 138 valence electrons. The summed E-state index contributed by atoms with van der Waals surface area (Å²) in [5.74, 6) is 0.762. The number of rotatable bonds is 6. The lowest BCUT2D eigenvalue weighted by Gasteiger charge is -2.31. The largest absolute Gasteiger partial charge is 0.450 e. The van der Waals surface area contributed by atoms with Crippen LogP contribution in [0.1, 0.15) is 44.0 Å². The highest BCUT2D eigenvalue weighted by Gasteiger charge is 2.24. The molecule has 0 unspecified atom stereocenters. The Morgan fingerprint density at radius 1 is 1.24 bits per heavy atom. The van der Waals surface area contributed by atoms with Gasteiger partial charge in [0.1, 0.15) is 5.82 Å². The number of nitrogens with zero attached hydrogens (tertiary/aromatic N) is 3. The molecule has 1 aromatic heterocycles. The highest BCUT2D eigenvalue weighted by molar-refractivity contribution is 5.94. The van der Waals surface area contributed by atoms with E-state index in [4.69, 9.17) is 4.74 Å². The van der Waals surface area contributed by atoms with Crippen molar-refractivity contribution in [2.24, 2.45) is 0 Å². The molecule has 0 atom stereocenters. The summed E-state index contributed by atoms with van der Waals surface area (Å²) in [5.41, 5.74) is 0.559. The number of carbonyl (C=O) groups excluding carboxylic acids is 2. The highest BCUT2D eigenvalue weighted by atomic mass is 16.6. The van der Waals surface area contributed by atoms with Crippen molar-refractivity contribution in [3.8, 4) is 0 Å². The molecule has 0 bridgehead atoms. The van der Waals surface area contributed by atoms with Gasteiger partial charge in [-0.2, -0.15) is 0 Å². The van der Waals surface area contributed by atoms with Gasteiger partial charge in [-0.05, 0) is 45.7 Å². The number of likely N-dealkylation sites (tertiary alicyclic amines) is 1. The summed E-state index contributed by atoms with van der Waals surface area (Å²) < 4.78 is 5.00. The van der Waals surface area contributed by atoms with Crippen molar-refractivity contribution in [3.05, 3.63) is 23.9 Å². The van der Waals surface area contributed by atoms with E-state index in [0.29, 0.717) is 25.3 Å². The Labute approximate surface area is 149 Å². The quantitative estimate of drug-likeness (QED) is 0.854. The molecule has 7 heteroatoms. The van der Waals surface area contributed by atoms with Crippen molar-refractivity contribution < 1.29 is 14.3 Å². The molecule has 1 aromatic rings. The van der Waals surface area contributed by atoms with Crippen molar-refractivity contribution in [2.75, 3.05) is 37.7 Å². The van der Waals surface area contributed by atoms with Crippen molar-refractivity contribution >= 4 is 17.8 Å². The molecule has 25 heavy (non-hydrogen) atoms. The van der Waals surface area contributed by atoms with E-state index >= 15 is 0 Å². The van der Waals surface area contributed by atoms with Gasteiger partial charge in [0.15, 0.2) is 0 Å². The number of piperidine rings is 1. The third-order valence-electron chi connectivity index (χ3n) is 4.45. The fourth-order valence-corrected chi connectivity index (χ4v) is 2.94. The molecule has 0 spiro atoms. The number of hydrogen-bond donors (Lipinski definition) is 1. The summed E-state index contributed by atoms with van der Waals surface area (Å²) in [5, 5.41) is 3.03. The summed E-state index contributed by atoms with van der Waals surface area (Å²) in [6.45, 7) is 9.30. The molecule has 1 aliphatic heterocycles. The number of amides is 2. The zero-order chi connectivity index (χ0) is 18.2. The van der Waals surface area contributed by atoms with Gasteiger partial charge < -0.3 is 19.9 Å². The van der Waals surface area contributed by atoms with E-state index < -0.39 is 0 Å². The van der Waals surface area contributed by atoms with Crippen LogP contribution in [-0.2, 0) is 4.74 Å². The first-order valence-corrected chi connectivity index (χ1v) is 9.02. The van der Waals surface area contributed by atoms with E-state index in [-0.39, 0.29) is 18.0 Å². The number of pyridine rings is 1. The maximum absolute atomic E-state index is 12.4. The third kappa shape index (κ3) is 5.08. The monoisotopic (exact) mass is 348 g/mol. The minimum Gasteiger partial charge on any atom is -0.450 e. The Kier molecular flexibility index (Phi) is 7.03. The number of hydrogen-bond acceptors (Lipinski definition) is 5. The van der Waals surface area contributed by atoms with Crippen LogP contribution in [0.5, 0.6) is 0 Å². The van der Waals surface area contributed by atoms with Crippen molar-refractivity contribution in [3.63, 3.8) is 0 Å². The lowest BCUT2D eigenvalue weighted by molar-refractivity contribution is 0.0860. The Balaban J connectivity index is 1.85. The van der Waals surface area contributed by atoms with Crippen LogP contribution >= 0.6 is 0 Å². The topological polar surface area (TPSA) is 74.8 Å². The molecule has 1 saturated heterocycles. The van der Waals surface area contributed by atoms with Crippen LogP contribution in [-0.4, -0.2) is 60.7 Å². The molecule has 1 N–H and O–H groups in total. The lowest BCUT2D eigenvalue weighted by atomic mass is 10.0. The number of carbonyl (C=O) groups is 2. The van der Waals surface area contributed by atoms with Crippen LogP contribution in [0.3, 0.4) is 0 Å². The van der Waals surface area contributed by atoms with E-state index in [9.17, 15) is 9.59 Å². The minimum atomic E-state index is -0.275. The van der Waals surface area contributed by atoms with Crippen molar-refractivity contribution in [1.82, 2.24) is 15.2 Å². The second kappa shape index (κ2) is 9.25. The third-order valence-corrected chi connectivity index (χ3v) is 4.45. The molecule has 0 aromatic carbocycles. The van der Waals surface area contributed by atoms with Crippen LogP contribution in [0.2, 0.25) is 0 Å². The van der Waals surface area contributed by atoms with Gasteiger partial charge in [0.25, 0.3) is 5.91 Å². The Morgan fingerprint density at radius 3 is 2.44 bits per heavy atom. The van der Waals surface area contributed by atoms with Gasteiger partial charge in [0.2, 0.25) is 0 Å². The van der Waals surface area contributed by atoms with Crippen molar-refractivity contribution in [2.45, 2.75) is 39.7 Å². The second-order valence-electron chi connectivity index (χ2n) is 6.01. The molecule has 1 fully saturated rings. The average Bonchev–Trinajstić information content (AvgIpc) is 2.64. The number of anilines is 1. The molecule has 7 nitrogen and oxygen atoms in total. The molecule has 0 saturated carbocycles. The van der Waals surface area contributed by atoms with Crippen LogP contribution in [0.25, 0.3) is 0 Å². The summed E-state index contributed by atoms with van der Waals surface area (Å²) in [7, 11) is 0. The number of ether oxygens (including phenoxy) is 1. The molecular formula is C18H28N4O3. The molecule has 2 amide bonds. The maximum atomic E-state index is 12.4. The second-order valence-corrected chi connectivity index (χ2v) is 6.01. The predicted molar refractivity (Wildman–Crippen MR) is 96.9 cm³/mol. The normalized spacial score (nSPS) is 14.9. The first-order chi connectivity index (χ1) is 12.1. The molecule has 0 radical (unpaired) electrons. The molecule has 2 heterocycles. The highest BCUT2D eigenvalue weighted by Crippen LogP contribution is 2.14. The van der Waals surface area contributed by atoms with E-state index in [2.05, 4.69) is 29.0 Å². The SMILES string of the molecule is CCOC(=O)N1CCC(NC(=O)c2ccc(N(CC)CC)nc2)CC1. The van der Waals surface area contributed by atoms with E-state index in [1.54, 1.807) is 18.0 Å². The average molecular weight is 348 g/mol. The van der Waals surface area contributed by atoms with Crippen LogP contribution in [0, 0.1) is 0 Å². The van der Waals surface area contributed by atoms with Crippen LogP contribution < -0.4 is 10.2 Å². The number of nitrogens with one attached hydrogen (secondary N) is 1. The van der Waals surface area contributed by atoms with Gasteiger partial charge >= 0.3 is 6.09 Å². The Morgan fingerprint density at radius 2 is 1.92 bits per heavy atom. The summed E-state index contributed by atoms with van der Waals surface area (Å²) in [4.78, 5) is 32.3. The summed E-state index contributed by atoms with van der Waals surface area (Å²) in [6, 6.07) is 3.76. The fourth-order valence-electron chi connectivity index (χ4n) is 2.94. The molecule has 0 aliphatic carbocycles.